The van der Waals surface area contributed by atoms with E-state index in [1.807, 2.05) is 48.5 Å². The summed E-state index contributed by atoms with van der Waals surface area (Å²) < 4.78 is 16.4. The molecule has 2 amide bonds. The van der Waals surface area contributed by atoms with Crippen molar-refractivity contribution in [3.05, 3.63) is 59.7 Å². The van der Waals surface area contributed by atoms with Crippen LogP contribution in [0.25, 0.3) is 0 Å². The fourth-order valence-corrected chi connectivity index (χ4v) is 3.29. The van der Waals surface area contributed by atoms with E-state index in [4.69, 9.17) is 14.2 Å². The number of benzene rings is 2. The van der Waals surface area contributed by atoms with E-state index in [0.717, 1.165) is 50.4 Å². The number of hydrogen-bond donors (Lipinski definition) is 2. The Morgan fingerprint density at radius 1 is 1.09 bits per heavy atom. The average molecular weight is 455 g/mol. The maximum absolute atomic E-state index is 11.9. The fraction of sp³-hybridized carbons (Fsp3) is 0.375. The van der Waals surface area contributed by atoms with Crippen molar-refractivity contribution < 1.29 is 23.8 Å². The van der Waals surface area contributed by atoms with E-state index in [1.165, 1.54) is 6.21 Å². The lowest BCUT2D eigenvalue weighted by Crippen LogP contribution is -2.40. The quantitative estimate of drug-likeness (QED) is 0.245. The second-order valence-electron chi connectivity index (χ2n) is 7.45. The van der Waals surface area contributed by atoms with Crippen LogP contribution in [-0.2, 0) is 20.9 Å². The Labute approximate surface area is 193 Å². The van der Waals surface area contributed by atoms with E-state index in [-0.39, 0.29) is 0 Å². The maximum atomic E-state index is 11.9. The van der Waals surface area contributed by atoms with E-state index in [9.17, 15) is 9.59 Å². The number of nitrogens with zero attached hydrogens (tertiary/aromatic N) is 2. The number of rotatable bonds is 10. The van der Waals surface area contributed by atoms with Crippen LogP contribution in [0.2, 0.25) is 0 Å². The minimum absolute atomic E-state index is 0.348. The third-order valence-electron chi connectivity index (χ3n) is 5.04. The van der Waals surface area contributed by atoms with Crippen molar-refractivity contribution in [1.29, 1.82) is 0 Å². The van der Waals surface area contributed by atoms with Crippen molar-refractivity contribution in [3.63, 3.8) is 0 Å². The number of morpholine rings is 1. The van der Waals surface area contributed by atoms with E-state index in [2.05, 4.69) is 20.7 Å². The molecule has 1 aliphatic rings. The van der Waals surface area contributed by atoms with Gasteiger partial charge in [-0.1, -0.05) is 30.3 Å². The number of hydrazone groups is 1. The summed E-state index contributed by atoms with van der Waals surface area (Å²) in [6, 6.07) is 15.0. The van der Waals surface area contributed by atoms with Crippen molar-refractivity contribution in [1.82, 2.24) is 15.6 Å². The van der Waals surface area contributed by atoms with Gasteiger partial charge < -0.3 is 19.5 Å². The van der Waals surface area contributed by atoms with Crippen molar-refractivity contribution in [2.45, 2.75) is 13.0 Å². The number of carbonyl (C=O) groups excluding carboxylic acids is 2. The van der Waals surface area contributed by atoms with Crippen LogP contribution in [0.1, 0.15) is 17.5 Å². The minimum atomic E-state index is -0.798. The third-order valence-corrected chi connectivity index (χ3v) is 5.04. The van der Waals surface area contributed by atoms with Crippen molar-refractivity contribution in [2.75, 3.05) is 46.5 Å². The Morgan fingerprint density at radius 3 is 2.67 bits per heavy atom. The molecular formula is C24H30N4O5. The molecule has 2 aromatic rings. The lowest BCUT2D eigenvalue weighted by atomic mass is 10.1. The number of carbonyl (C=O) groups is 2. The summed E-state index contributed by atoms with van der Waals surface area (Å²) in [6.45, 7) is 4.92. The molecule has 2 aromatic carbocycles. The van der Waals surface area contributed by atoms with Gasteiger partial charge in [0.15, 0.2) is 11.5 Å². The largest absolute Gasteiger partial charge is 0.493 e. The molecule has 3 rings (SSSR count). The molecule has 9 heteroatoms. The van der Waals surface area contributed by atoms with Crippen LogP contribution in [-0.4, -0.2) is 69.4 Å². The Balaban J connectivity index is 1.39. The Hall–Kier alpha value is -3.43. The molecule has 0 unspecified atom stereocenters. The Morgan fingerprint density at radius 2 is 1.88 bits per heavy atom. The van der Waals surface area contributed by atoms with Crippen molar-refractivity contribution >= 4 is 18.0 Å². The summed E-state index contributed by atoms with van der Waals surface area (Å²) in [6.07, 6.45) is 2.25. The SMILES string of the molecule is COc1ccccc1OCc1cccc(/C=N/NC(=O)C(=O)NCCCN2CCOCC2)c1. The van der Waals surface area contributed by atoms with Crippen LogP contribution in [0, 0.1) is 0 Å². The molecule has 0 bridgehead atoms. The molecule has 0 atom stereocenters. The molecule has 1 aliphatic heterocycles. The van der Waals surface area contributed by atoms with Gasteiger partial charge in [-0.3, -0.25) is 14.5 Å². The highest BCUT2D eigenvalue weighted by atomic mass is 16.5. The number of hydrogen-bond acceptors (Lipinski definition) is 7. The number of methoxy groups -OCH3 is 1. The van der Waals surface area contributed by atoms with Gasteiger partial charge in [0, 0.05) is 19.6 Å². The fourth-order valence-electron chi connectivity index (χ4n) is 3.29. The smallest absolute Gasteiger partial charge is 0.329 e. The van der Waals surface area contributed by atoms with Gasteiger partial charge in [0.25, 0.3) is 0 Å². The van der Waals surface area contributed by atoms with Crippen molar-refractivity contribution in [3.8, 4) is 11.5 Å². The monoisotopic (exact) mass is 454 g/mol. The normalized spacial score (nSPS) is 14.1. The first-order valence-corrected chi connectivity index (χ1v) is 10.9. The number of para-hydroxylation sites is 2. The predicted octanol–water partition coefficient (Wildman–Crippen LogP) is 1.56. The maximum Gasteiger partial charge on any atom is 0.329 e. The highest BCUT2D eigenvalue weighted by Gasteiger charge is 2.13. The minimum Gasteiger partial charge on any atom is -0.493 e. The second kappa shape index (κ2) is 13.2. The highest BCUT2D eigenvalue weighted by Crippen LogP contribution is 2.26. The number of amides is 2. The van der Waals surface area contributed by atoms with E-state index >= 15 is 0 Å². The third kappa shape index (κ3) is 8.21. The molecule has 0 saturated carbocycles. The van der Waals surface area contributed by atoms with Gasteiger partial charge in [-0.25, -0.2) is 5.43 Å². The zero-order chi connectivity index (χ0) is 23.3. The van der Waals surface area contributed by atoms with Gasteiger partial charge in [-0.15, -0.1) is 0 Å². The topological polar surface area (TPSA) is 101 Å². The van der Waals surface area contributed by atoms with Crippen LogP contribution in [0.15, 0.2) is 53.6 Å². The van der Waals surface area contributed by atoms with Crippen LogP contribution in [0.5, 0.6) is 11.5 Å². The number of ether oxygens (including phenoxy) is 3. The Kier molecular flexibility index (Phi) is 9.68. The second-order valence-corrected chi connectivity index (χ2v) is 7.45. The lowest BCUT2D eigenvalue weighted by Gasteiger charge is -2.26. The van der Waals surface area contributed by atoms with Gasteiger partial charge in [-0.2, -0.15) is 5.10 Å². The molecule has 176 valence electrons. The molecule has 0 spiro atoms. The summed E-state index contributed by atoms with van der Waals surface area (Å²) in [5, 5.41) is 6.49. The molecule has 33 heavy (non-hydrogen) atoms. The summed E-state index contributed by atoms with van der Waals surface area (Å²) in [5.41, 5.74) is 3.95. The predicted molar refractivity (Wildman–Crippen MR) is 124 cm³/mol. The average Bonchev–Trinajstić information content (AvgIpc) is 2.86. The van der Waals surface area contributed by atoms with Crippen LogP contribution in [0.4, 0.5) is 0 Å². The van der Waals surface area contributed by atoms with E-state index in [0.29, 0.717) is 24.7 Å². The van der Waals surface area contributed by atoms with Crippen LogP contribution < -0.4 is 20.2 Å². The molecule has 1 heterocycles. The molecule has 0 aliphatic carbocycles. The standard InChI is InChI=1S/C24H30N4O5/c1-31-21-8-2-3-9-22(21)33-18-20-7-4-6-19(16-20)17-26-27-24(30)23(29)25-10-5-11-28-12-14-32-15-13-28/h2-4,6-9,16-17H,5,10-15,18H2,1H3,(H,25,29)(H,27,30)/b26-17+. The van der Waals surface area contributed by atoms with Gasteiger partial charge in [0.2, 0.25) is 0 Å². The lowest BCUT2D eigenvalue weighted by molar-refractivity contribution is -0.139. The zero-order valence-electron chi connectivity index (χ0n) is 18.8. The molecule has 9 nitrogen and oxygen atoms in total. The van der Waals surface area contributed by atoms with Gasteiger partial charge in [0.05, 0.1) is 26.5 Å². The first-order chi connectivity index (χ1) is 16.2. The molecule has 0 aromatic heterocycles. The van der Waals surface area contributed by atoms with Crippen LogP contribution >= 0.6 is 0 Å². The van der Waals surface area contributed by atoms with Gasteiger partial charge >= 0.3 is 11.8 Å². The zero-order valence-corrected chi connectivity index (χ0v) is 18.8. The molecule has 1 fully saturated rings. The summed E-state index contributed by atoms with van der Waals surface area (Å²) in [4.78, 5) is 26.1. The number of nitrogens with one attached hydrogen (secondary N) is 2. The van der Waals surface area contributed by atoms with Gasteiger partial charge in [0.1, 0.15) is 6.61 Å². The highest BCUT2D eigenvalue weighted by molar-refractivity contribution is 6.35. The van der Waals surface area contributed by atoms with Gasteiger partial charge in [-0.05, 0) is 42.3 Å². The molecule has 2 N–H and O–H groups in total. The van der Waals surface area contributed by atoms with Crippen LogP contribution in [0.3, 0.4) is 0 Å². The molecule has 1 saturated heterocycles. The molecular weight excluding hydrogens is 424 g/mol. The first kappa shape index (κ1) is 24.2. The summed E-state index contributed by atoms with van der Waals surface area (Å²) in [7, 11) is 1.60. The first-order valence-electron chi connectivity index (χ1n) is 10.9. The van der Waals surface area contributed by atoms with Crippen molar-refractivity contribution in [2.24, 2.45) is 5.10 Å². The Bertz CT molecular complexity index is 944. The summed E-state index contributed by atoms with van der Waals surface area (Å²) in [5.74, 6) is -0.180. The molecule has 0 radical (unpaired) electrons. The van der Waals surface area contributed by atoms with E-state index in [1.54, 1.807) is 7.11 Å². The van der Waals surface area contributed by atoms with E-state index < -0.39 is 11.8 Å². The summed E-state index contributed by atoms with van der Waals surface area (Å²) >= 11 is 0.